The Morgan fingerprint density at radius 1 is 1.00 bits per heavy atom. The van der Waals surface area contributed by atoms with Crippen molar-refractivity contribution in [1.29, 1.82) is 0 Å². The van der Waals surface area contributed by atoms with Gasteiger partial charge in [-0.2, -0.15) is 0 Å². The van der Waals surface area contributed by atoms with Gasteiger partial charge in [-0.3, -0.25) is 14.7 Å². The van der Waals surface area contributed by atoms with Crippen LogP contribution < -0.4 is 0 Å². The fourth-order valence-electron chi connectivity index (χ4n) is 2.37. The van der Waals surface area contributed by atoms with E-state index in [9.17, 15) is 9.59 Å². The predicted molar refractivity (Wildman–Crippen MR) is 71.6 cm³/mol. The summed E-state index contributed by atoms with van der Waals surface area (Å²) in [7, 11) is 1.83. The van der Waals surface area contributed by atoms with Crippen molar-refractivity contribution in [2.24, 2.45) is 7.05 Å². The maximum absolute atomic E-state index is 12.2. The van der Waals surface area contributed by atoms with Crippen molar-refractivity contribution in [2.75, 3.05) is 0 Å². The van der Waals surface area contributed by atoms with Crippen LogP contribution in [0.1, 0.15) is 39.4 Å². The summed E-state index contributed by atoms with van der Waals surface area (Å²) in [6, 6.07) is 0. The maximum atomic E-state index is 12.2. The molecule has 1 aromatic heterocycles. The second-order valence-electron chi connectivity index (χ2n) is 5.05. The molecule has 0 amide bonds. The molecule has 1 N–H and O–H groups in total. The molecule has 1 aliphatic carbocycles. The summed E-state index contributed by atoms with van der Waals surface area (Å²) in [4.78, 5) is 25.8. The molecule has 5 nitrogen and oxygen atoms in total. The van der Waals surface area contributed by atoms with Gasteiger partial charge < -0.3 is 0 Å². The fourth-order valence-corrected chi connectivity index (χ4v) is 2.37. The molecule has 0 spiro atoms. The zero-order valence-electron chi connectivity index (χ0n) is 11.8. The van der Waals surface area contributed by atoms with Gasteiger partial charge >= 0.3 is 0 Å². The summed E-state index contributed by atoms with van der Waals surface area (Å²) in [5.74, 6) is 0.958. The van der Waals surface area contributed by atoms with Crippen LogP contribution in [0, 0.1) is 0 Å². The van der Waals surface area contributed by atoms with Crippen molar-refractivity contribution in [3.63, 3.8) is 0 Å². The maximum Gasteiger partial charge on any atom is 0.185 e. The summed E-state index contributed by atoms with van der Waals surface area (Å²) >= 11 is 0. The van der Waals surface area contributed by atoms with E-state index in [1.54, 1.807) is 25.6 Å². The number of Topliss-reactive ketones (excluding diaryl/α,β-unsaturated/α-hetero) is 2. The Kier molecular flexibility index (Phi) is 3.55. The van der Waals surface area contributed by atoms with E-state index in [0.717, 1.165) is 18.7 Å². The molecule has 19 heavy (non-hydrogen) atoms. The molecule has 0 saturated heterocycles. The first-order valence-corrected chi connectivity index (χ1v) is 6.46. The van der Waals surface area contributed by atoms with E-state index in [0.29, 0.717) is 28.7 Å². The highest BCUT2D eigenvalue weighted by molar-refractivity contribution is 6.24. The van der Waals surface area contributed by atoms with Gasteiger partial charge in [0.25, 0.3) is 0 Å². The van der Waals surface area contributed by atoms with Gasteiger partial charge in [0.2, 0.25) is 0 Å². The largest absolute Gasteiger partial charge is 0.289 e. The molecule has 0 radical (unpaired) electrons. The first-order valence-electron chi connectivity index (χ1n) is 6.46. The number of aryl methyl sites for hydroxylation is 2. The van der Waals surface area contributed by atoms with Crippen molar-refractivity contribution >= 4 is 11.6 Å². The molecule has 102 valence electrons. The molecule has 0 saturated carbocycles. The van der Waals surface area contributed by atoms with Gasteiger partial charge in [0.15, 0.2) is 11.6 Å². The van der Waals surface area contributed by atoms with E-state index in [2.05, 4.69) is 10.2 Å². The Balaban J connectivity index is 2.03. The average Bonchev–Trinajstić information content (AvgIpc) is 2.35. The average molecular weight is 261 g/mol. The van der Waals surface area contributed by atoms with Crippen molar-refractivity contribution in [3.05, 3.63) is 28.1 Å². The molecule has 0 aliphatic heterocycles. The predicted octanol–water partition coefficient (Wildman–Crippen LogP) is 1.88. The number of rotatable bonds is 4. The number of ketones is 2. The van der Waals surface area contributed by atoms with E-state index < -0.39 is 0 Å². The molecular weight excluding hydrogens is 242 g/mol. The van der Waals surface area contributed by atoms with E-state index in [1.165, 1.54) is 0 Å². The molecule has 5 heteroatoms. The Labute approximate surface area is 112 Å². The first-order chi connectivity index (χ1) is 8.91. The van der Waals surface area contributed by atoms with Gasteiger partial charge in [0.05, 0.1) is 0 Å². The van der Waals surface area contributed by atoms with E-state index >= 15 is 0 Å². The van der Waals surface area contributed by atoms with Crippen LogP contribution in [0.25, 0.3) is 0 Å². The second-order valence-corrected chi connectivity index (χ2v) is 5.05. The number of allylic oxidation sites excluding steroid dienone is 4. The van der Waals surface area contributed by atoms with Gasteiger partial charge in [-0.15, -0.1) is 5.10 Å². The highest BCUT2D eigenvalue weighted by Crippen LogP contribution is 2.27. The van der Waals surface area contributed by atoms with Crippen molar-refractivity contribution in [1.82, 2.24) is 15.0 Å². The molecule has 0 unspecified atom stereocenters. The van der Waals surface area contributed by atoms with Crippen LogP contribution in [0.15, 0.2) is 22.3 Å². The highest BCUT2D eigenvalue weighted by atomic mass is 16.1. The number of aromatic amines is 1. The third-order valence-electron chi connectivity index (χ3n) is 3.71. The van der Waals surface area contributed by atoms with Gasteiger partial charge in [-0.25, -0.2) is 4.80 Å². The lowest BCUT2D eigenvalue weighted by Crippen LogP contribution is -2.21. The fraction of sp³-hybridized carbons (Fsp3) is 0.500. The normalized spacial score (nSPS) is 16.8. The number of aromatic nitrogens is 3. The lowest BCUT2D eigenvalue weighted by Gasteiger charge is -2.18. The van der Waals surface area contributed by atoms with Gasteiger partial charge in [-0.1, -0.05) is 0 Å². The Bertz CT molecular complexity index is 587. The second kappa shape index (κ2) is 4.99. The number of nitrogens with zero attached hydrogens (tertiary/aromatic N) is 2. The molecular formula is C14H19N3O2. The lowest BCUT2D eigenvalue weighted by atomic mass is 9.84. The third-order valence-corrected chi connectivity index (χ3v) is 3.71. The minimum Gasteiger partial charge on any atom is -0.289 e. The molecule has 0 atom stereocenters. The Hall–Kier alpha value is -1.91. The quantitative estimate of drug-likeness (QED) is 0.841. The molecule has 2 rings (SSSR count). The van der Waals surface area contributed by atoms with E-state index in [-0.39, 0.29) is 11.6 Å². The standard InChI is InChI=1S/C14H19N3O2/c1-8-9(2)14(19)11(10(3)13(8)18)6-5-7-12-15-17(4)16-12/h5-7H2,1-4H3,(H,15,16). The SMILES string of the molecule is CC1=C(C)C(=O)C(CCCc2nn(C)[nH]2)=C(C)C1=O. The number of carbonyl (C=O) groups excluding carboxylic acids is 2. The van der Waals surface area contributed by atoms with Crippen LogP contribution in [-0.4, -0.2) is 26.6 Å². The minimum absolute atomic E-state index is 0.00550. The van der Waals surface area contributed by atoms with Gasteiger partial charge in [0, 0.05) is 35.8 Å². The molecule has 1 aromatic rings. The first kappa shape index (κ1) is 13.5. The highest BCUT2D eigenvalue weighted by Gasteiger charge is 2.27. The molecule has 1 aliphatic rings. The Morgan fingerprint density at radius 3 is 2.16 bits per heavy atom. The van der Waals surface area contributed by atoms with Crippen molar-refractivity contribution < 1.29 is 9.59 Å². The monoisotopic (exact) mass is 261 g/mol. The molecule has 0 fully saturated rings. The van der Waals surface area contributed by atoms with Crippen LogP contribution >= 0.6 is 0 Å². The zero-order chi connectivity index (χ0) is 14.2. The number of carbonyl (C=O) groups is 2. The zero-order valence-corrected chi connectivity index (χ0v) is 11.8. The number of nitrogens with one attached hydrogen (secondary N) is 1. The van der Waals surface area contributed by atoms with E-state index in [4.69, 9.17) is 0 Å². The molecule has 1 heterocycles. The number of hydrogen-bond acceptors (Lipinski definition) is 3. The van der Waals surface area contributed by atoms with E-state index in [1.807, 2.05) is 7.05 Å². The molecule has 0 bridgehead atoms. The van der Waals surface area contributed by atoms with Gasteiger partial charge in [0.1, 0.15) is 5.82 Å². The summed E-state index contributed by atoms with van der Waals surface area (Å²) in [6.45, 7) is 5.20. The number of H-pyrrole nitrogens is 1. The summed E-state index contributed by atoms with van der Waals surface area (Å²) in [6.07, 6.45) is 2.24. The topological polar surface area (TPSA) is 67.8 Å². The summed E-state index contributed by atoms with van der Waals surface area (Å²) in [5, 5.41) is 7.18. The minimum atomic E-state index is 0.00550. The Morgan fingerprint density at radius 2 is 1.58 bits per heavy atom. The van der Waals surface area contributed by atoms with Crippen LogP contribution in [0.4, 0.5) is 0 Å². The lowest BCUT2D eigenvalue weighted by molar-refractivity contribution is -0.116. The van der Waals surface area contributed by atoms with Crippen LogP contribution in [-0.2, 0) is 23.1 Å². The van der Waals surface area contributed by atoms with Crippen LogP contribution in [0.2, 0.25) is 0 Å². The van der Waals surface area contributed by atoms with Gasteiger partial charge in [-0.05, 0) is 33.6 Å². The molecule has 0 aromatic carbocycles. The summed E-state index contributed by atoms with van der Waals surface area (Å²) in [5.41, 5.74) is 2.44. The number of hydrogen-bond donors (Lipinski definition) is 1. The smallest absolute Gasteiger partial charge is 0.185 e. The van der Waals surface area contributed by atoms with Crippen molar-refractivity contribution in [2.45, 2.75) is 40.0 Å². The third kappa shape index (κ3) is 2.45. The van der Waals surface area contributed by atoms with Crippen LogP contribution in [0.3, 0.4) is 0 Å². The van der Waals surface area contributed by atoms with Crippen LogP contribution in [0.5, 0.6) is 0 Å². The summed E-state index contributed by atoms with van der Waals surface area (Å²) < 4.78 is 0. The van der Waals surface area contributed by atoms with Crippen molar-refractivity contribution in [3.8, 4) is 0 Å².